The molecule has 5 nitrogen and oxygen atoms in total. The molecule has 1 aromatic heterocycles. The third-order valence-corrected chi connectivity index (χ3v) is 2.41. The Balaban J connectivity index is 2.51. The normalized spacial score (nSPS) is 9.78. The minimum atomic E-state index is -1.02. The largest absolute Gasteiger partial charge is 0.480 e. The Morgan fingerprint density at radius 1 is 1.39 bits per heavy atom. The lowest BCUT2D eigenvalue weighted by Gasteiger charge is -2.18. The van der Waals surface area contributed by atoms with Gasteiger partial charge in [0.05, 0.1) is 0 Å². The van der Waals surface area contributed by atoms with Gasteiger partial charge in [-0.2, -0.15) is 0 Å². The average Bonchev–Trinajstić information content (AvgIpc) is 2.36. The molecular formula is C13H16N2O3. The Kier molecular flexibility index (Phi) is 5.57. The van der Waals surface area contributed by atoms with Gasteiger partial charge in [0.15, 0.2) is 0 Å². The first-order chi connectivity index (χ1) is 8.63. The smallest absolute Gasteiger partial charge is 0.323 e. The van der Waals surface area contributed by atoms with Crippen LogP contribution >= 0.6 is 0 Å². The highest BCUT2D eigenvalue weighted by Crippen LogP contribution is 2.04. The van der Waals surface area contributed by atoms with E-state index in [1.807, 2.05) is 12.1 Å². The molecule has 0 aliphatic rings. The number of pyridine rings is 1. The molecule has 1 N–H and O–H groups in total. The van der Waals surface area contributed by atoms with Gasteiger partial charge in [-0.3, -0.25) is 14.6 Å². The molecule has 0 fully saturated rings. The molecule has 0 spiro atoms. The number of amides is 1. The average molecular weight is 248 g/mol. The molecule has 0 atom stereocenters. The number of hydrogen-bond donors (Lipinski definition) is 1. The monoisotopic (exact) mass is 248 g/mol. The molecule has 1 rings (SSSR count). The van der Waals surface area contributed by atoms with E-state index in [-0.39, 0.29) is 25.4 Å². The van der Waals surface area contributed by atoms with Crippen molar-refractivity contribution >= 4 is 11.9 Å². The Bertz CT molecular complexity index is 418. The van der Waals surface area contributed by atoms with Crippen molar-refractivity contribution in [3.8, 4) is 0 Å². The van der Waals surface area contributed by atoms with Gasteiger partial charge in [0.1, 0.15) is 6.54 Å². The highest BCUT2D eigenvalue weighted by Gasteiger charge is 2.14. The van der Waals surface area contributed by atoms with Crippen LogP contribution in [0.5, 0.6) is 0 Å². The third-order valence-electron chi connectivity index (χ3n) is 2.41. The summed E-state index contributed by atoms with van der Waals surface area (Å²) in [6, 6.07) is 3.67. The number of aryl methyl sites for hydroxylation is 1. The van der Waals surface area contributed by atoms with Gasteiger partial charge >= 0.3 is 5.97 Å². The van der Waals surface area contributed by atoms with Crippen LogP contribution in [0, 0.1) is 0 Å². The van der Waals surface area contributed by atoms with E-state index in [1.165, 1.54) is 11.0 Å². The summed E-state index contributed by atoms with van der Waals surface area (Å²) in [5.41, 5.74) is 1.01. The second-order valence-corrected chi connectivity index (χ2v) is 3.81. The van der Waals surface area contributed by atoms with E-state index in [4.69, 9.17) is 5.11 Å². The first-order valence-corrected chi connectivity index (χ1v) is 5.63. The van der Waals surface area contributed by atoms with Crippen LogP contribution in [0.4, 0.5) is 0 Å². The van der Waals surface area contributed by atoms with Crippen molar-refractivity contribution in [3.63, 3.8) is 0 Å². The van der Waals surface area contributed by atoms with Crippen LogP contribution in [0.2, 0.25) is 0 Å². The Hall–Kier alpha value is -2.17. The fraction of sp³-hybridized carbons (Fsp3) is 0.308. The number of carbonyl (C=O) groups is 2. The molecule has 1 heterocycles. The molecule has 0 aliphatic heterocycles. The molecule has 0 bridgehead atoms. The number of aliphatic carboxylic acids is 1. The lowest BCUT2D eigenvalue weighted by atomic mass is 10.1. The summed E-state index contributed by atoms with van der Waals surface area (Å²) in [5, 5.41) is 8.71. The van der Waals surface area contributed by atoms with Gasteiger partial charge < -0.3 is 10.0 Å². The number of hydrogen-bond acceptors (Lipinski definition) is 3. The lowest BCUT2D eigenvalue weighted by molar-refractivity contribution is -0.144. The maximum absolute atomic E-state index is 11.8. The van der Waals surface area contributed by atoms with Crippen molar-refractivity contribution in [3.05, 3.63) is 42.7 Å². The van der Waals surface area contributed by atoms with E-state index in [0.717, 1.165) is 5.56 Å². The maximum atomic E-state index is 11.8. The van der Waals surface area contributed by atoms with E-state index in [2.05, 4.69) is 11.6 Å². The summed E-state index contributed by atoms with van der Waals surface area (Å²) in [4.78, 5) is 27.6. The van der Waals surface area contributed by atoms with Gasteiger partial charge in [-0.15, -0.1) is 6.58 Å². The molecule has 0 radical (unpaired) electrons. The summed E-state index contributed by atoms with van der Waals surface area (Å²) in [6.45, 7) is 3.47. The third kappa shape index (κ3) is 4.78. The number of aromatic nitrogens is 1. The van der Waals surface area contributed by atoms with Gasteiger partial charge in [-0.05, 0) is 24.1 Å². The van der Waals surface area contributed by atoms with Crippen LogP contribution in [0.3, 0.4) is 0 Å². The molecule has 18 heavy (non-hydrogen) atoms. The molecule has 0 unspecified atom stereocenters. The van der Waals surface area contributed by atoms with Crippen molar-refractivity contribution in [2.75, 3.05) is 13.1 Å². The Labute approximate surface area is 106 Å². The minimum Gasteiger partial charge on any atom is -0.480 e. The van der Waals surface area contributed by atoms with Crippen molar-refractivity contribution in [2.24, 2.45) is 0 Å². The zero-order valence-corrected chi connectivity index (χ0v) is 10.1. The van der Waals surface area contributed by atoms with Gasteiger partial charge in [0.2, 0.25) is 5.91 Å². The quantitative estimate of drug-likeness (QED) is 0.734. The van der Waals surface area contributed by atoms with Crippen molar-refractivity contribution in [1.29, 1.82) is 0 Å². The Morgan fingerprint density at radius 3 is 2.61 bits per heavy atom. The summed E-state index contributed by atoms with van der Waals surface area (Å²) in [6.07, 6.45) is 5.71. The Morgan fingerprint density at radius 2 is 2.06 bits per heavy atom. The van der Waals surface area contributed by atoms with Crippen LogP contribution in [0.15, 0.2) is 37.2 Å². The first-order valence-electron chi connectivity index (χ1n) is 5.63. The van der Waals surface area contributed by atoms with E-state index < -0.39 is 5.97 Å². The predicted octanol–water partition coefficient (Wildman–Crippen LogP) is 1.11. The fourth-order valence-corrected chi connectivity index (χ4v) is 1.53. The zero-order chi connectivity index (χ0) is 13.4. The zero-order valence-electron chi connectivity index (χ0n) is 10.1. The van der Waals surface area contributed by atoms with Crippen LogP contribution in [0.25, 0.3) is 0 Å². The van der Waals surface area contributed by atoms with Crippen molar-refractivity contribution in [1.82, 2.24) is 9.88 Å². The van der Waals surface area contributed by atoms with Crippen LogP contribution in [-0.4, -0.2) is 40.0 Å². The van der Waals surface area contributed by atoms with Crippen molar-refractivity contribution in [2.45, 2.75) is 12.8 Å². The number of carbonyl (C=O) groups excluding carboxylic acids is 1. The number of rotatable bonds is 7. The lowest BCUT2D eigenvalue weighted by Crippen LogP contribution is -2.35. The van der Waals surface area contributed by atoms with Gasteiger partial charge in [0, 0.05) is 25.4 Å². The molecule has 0 saturated carbocycles. The fourth-order valence-electron chi connectivity index (χ4n) is 1.53. The van der Waals surface area contributed by atoms with E-state index in [1.54, 1.807) is 12.4 Å². The topological polar surface area (TPSA) is 70.5 Å². The van der Waals surface area contributed by atoms with Crippen molar-refractivity contribution < 1.29 is 14.7 Å². The van der Waals surface area contributed by atoms with E-state index >= 15 is 0 Å². The van der Waals surface area contributed by atoms with Crippen LogP contribution in [-0.2, 0) is 16.0 Å². The van der Waals surface area contributed by atoms with Gasteiger partial charge in [-0.25, -0.2) is 0 Å². The SMILES string of the molecule is C=CCN(CC(=O)O)C(=O)CCc1ccncc1. The second-order valence-electron chi connectivity index (χ2n) is 3.81. The minimum absolute atomic E-state index is 0.186. The summed E-state index contributed by atoms with van der Waals surface area (Å²) >= 11 is 0. The predicted molar refractivity (Wildman–Crippen MR) is 67.0 cm³/mol. The molecule has 5 heteroatoms. The number of carboxylic acid groups (broad SMARTS) is 1. The van der Waals surface area contributed by atoms with Crippen LogP contribution < -0.4 is 0 Å². The highest BCUT2D eigenvalue weighted by atomic mass is 16.4. The summed E-state index contributed by atoms with van der Waals surface area (Å²) in [7, 11) is 0. The number of nitrogens with zero attached hydrogens (tertiary/aromatic N) is 2. The molecule has 96 valence electrons. The van der Waals surface area contributed by atoms with Crippen LogP contribution in [0.1, 0.15) is 12.0 Å². The molecule has 1 aromatic rings. The second kappa shape index (κ2) is 7.21. The molecule has 1 amide bonds. The maximum Gasteiger partial charge on any atom is 0.323 e. The van der Waals surface area contributed by atoms with E-state index in [0.29, 0.717) is 6.42 Å². The van der Waals surface area contributed by atoms with E-state index in [9.17, 15) is 9.59 Å². The molecular weight excluding hydrogens is 232 g/mol. The highest BCUT2D eigenvalue weighted by molar-refractivity contribution is 5.81. The van der Waals surface area contributed by atoms with Gasteiger partial charge in [0.25, 0.3) is 0 Å². The molecule has 0 saturated heterocycles. The molecule has 0 aromatic carbocycles. The summed E-state index contributed by atoms with van der Waals surface area (Å²) < 4.78 is 0. The summed E-state index contributed by atoms with van der Waals surface area (Å²) in [5.74, 6) is -1.21. The standard InChI is InChI=1S/C13H16N2O3/c1-2-9-15(10-13(17)18)12(16)4-3-11-5-7-14-8-6-11/h2,5-8H,1,3-4,9-10H2,(H,17,18). The molecule has 0 aliphatic carbocycles. The first kappa shape index (κ1) is 13.9. The van der Waals surface area contributed by atoms with Gasteiger partial charge in [-0.1, -0.05) is 6.08 Å². The number of carboxylic acids is 1.